The van der Waals surface area contributed by atoms with Crippen LogP contribution in [0, 0.1) is 5.92 Å². The second kappa shape index (κ2) is 11.2. The number of nitrogens with one attached hydrogen (secondary N) is 3. The Balaban J connectivity index is 1.23. The highest BCUT2D eigenvalue weighted by Crippen LogP contribution is 2.36. The van der Waals surface area contributed by atoms with Crippen LogP contribution in [0.5, 0.6) is 0 Å². The van der Waals surface area contributed by atoms with Crippen LogP contribution < -0.4 is 16.0 Å². The van der Waals surface area contributed by atoms with E-state index >= 15 is 0 Å². The summed E-state index contributed by atoms with van der Waals surface area (Å²) in [5.74, 6) is -0.0563. The van der Waals surface area contributed by atoms with E-state index in [4.69, 9.17) is 4.74 Å². The number of benzene rings is 2. The number of allylic oxidation sites excluding steroid dienone is 2. The minimum Gasteiger partial charge on any atom is -0.381 e. The van der Waals surface area contributed by atoms with Gasteiger partial charge in [-0.1, -0.05) is 48.5 Å². The van der Waals surface area contributed by atoms with Gasteiger partial charge in [-0.2, -0.15) is 0 Å². The van der Waals surface area contributed by atoms with Crippen molar-refractivity contribution in [3.63, 3.8) is 0 Å². The Kier molecular flexibility index (Phi) is 7.39. The molecule has 2 saturated heterocycles. The molecule has 8 nitrogen and oxygen atoms in total. The Bertz CT molecular complexity index is 1320. The van der Waals surface area contributed by atoms with Crippen LogP contribution in [0.4, 0.5) is 0 Å². The van der Waals surface area contributed by atoms with E-state index in [1.165, 1.54) is 21.9 Å². The topological polar surface area (TPSA) is 85.9 Å². The van der Waals surface area contributed by atoms with Crippen LogP contribution in [0.25, 0.3) is 16.3 Å². The summed E-state index contributed by atoms with van der Waals surface area (Å²) in [5, 5.41) is 12.2. The summed E-state index contributed by atoms with van der Waals surface area (Å²) in [7, 11) is 1.74. The minimum absolute atomic E-state index is 0.0155. The third kappa shape index (κ3) is 5.06. The first-order valence-electron chi connectivity index (χ1n) is 14.1. The number of fused-ring (bicyclic) bond motifs is 2. The summed E-state index contributed by atoms with van der Waals surface area (Å²) in [6.45, 7) is 2.13. The molecule has 2 amide bonds. The molecule has 0 aromatic heterocycles. The monoisotopic (exact) mass is 527 g/mol. The van der Waals surface area contributed by atoms with E-state index in [9.17, 15) is 9.59 Å². The minimum atomic E-state index is -0.536. The van der Waals surface area contributed by atoms with E-state index in [-0.39, 0.29) is 36.5 Å². The molecule has 0 radical (unpaired) electrons. The zero-order valence-electron chi connectivity index (χ0n) is 22.4. The largest absolute Gasteiger partial charge is 0.381 e. The summed E-state index contributed by atoms with van der Waals surface area (Å²) >= 11 is 0. The van der Waals surface area contributed by atoms with Gasteiger partial charge in [-0.05, 0) is 61.1 Å². The molecular formula is C31H37N5O3. The number of rotatable bonds is 7. The fourth-order valence-corrected chi connectivity index (χ4v) is 6.45. The smallest absolute Gasteiger partial charge is 0.246 e. The molecule has 2 aromatic carbocycles. The summed E-state index contributed by atoms with van der Waals surface area (Å²) in [4.78, 5) is 30.8. The van der Waals surface area contributed by atoms with E-state index in [1.54, 1.807) is 7.05 Å². The fourth-order valence-electron chi connectivity index (χ4n) is 6.45. The van der Waals surface area contributed by atoms with Crippen LogP contribution in [0.2, 0.25) is 0 Å². The van der Waals surface area contributed by atoms with Gasteiger partial charge >= 0.3 is 0 Å². The third-order valence-corrected chi connectivity index (χ3v) is 8.37. The van der Waals surface area contributed by atoms with Crippen molar-refractivity contribution >= 4 is 28.2 Å². The number of amides is 2. The van der Waals surface area contributed by atoms with Crippen LogP contribution in [-0.2, 0) is 14.3 Å². The standard InChI is InChI=1S/C31H37N5O3/c1-32-19-28(37)34-29(22-13-17-39-18-14-22)31(38)36-16-6-12-27(36)26-20-35-15-5-11-25(30(35)33-26)24-10-4-8-21-7-2-3-9-23(21)24/h2-5,7-11,15,20,22,27,29-30,32-33H,6,12-14,16-19H2,1H3,(H,34,37). The van der Waals surface area contributed by atoms with Crippen molar-refractivity contribution < 1.29 is 14.3 Å². The van der Waals surface area contributed by atoms with Gasteiger partial charge in [-0.15, -0.1) is 0 Å². The van der Waals surface area contributed by atoms with Crippen LogP contribution in [0.15, 0.2) is 72.7 Å². The summed E-state index contributed by atoms with van der Waals surface area (Å²) in [6, 6.07) is 14.3. The van der Waals surface area contributed by atoms with Crippen molar-refractivity contribution in [2.24, 2.45) is 5.92 Å². The highest BCUT2D eigenvalue weighted by Gasteiger charge is 2.42. The van der Waals surface area contributed by atoms with Gasteiger partial charge in [-0.25, -0.2) is 0 Å². The first-order chi connectivity index (χ1) is 19.1. The van der Waals surface area contributed by atoms with Gasteiger partial charge in [0, 0.05) is 37.7 Å². The van der Waals surface area contributed by atoms with Crippen molar-refractivity contribution in [3.8, 4) is 0 Å². The van der Waals surface area contributed by atoms with Gasteiger partial charge in [0.15, 0.2) is 0 Å². The molecule has 4 heterocycles. The number of carbonyl (C=O) groups is 2. The first-order valence-corrected chi connectivity index (χ1v) is 14.1. The molecule has 6 rings (SSSR count). The Hall–Kier alpha value is -3.62. The molecular weight excluding hydrogens is 490 g/mol. The normalized spacial score (nSPS) is 23.7. The van der Waals surface area contributed by atoms with Gasteiger partial charge in [0.1, 0.15) is 12.2 Å². The summed E-state index contributed by atoms with van der Waals surface area (Å²) in [6.07, 6.45) is 11.9. The lowest BCUT2D eigenvalue weighted by Gasteiger charge is -2.35. The second-order valence-corrected chi connectivity index (χ2v) is 10.8. The van der Waals surface area contributed by atoms with E-state index in [0.717, 1.165) is 31.4 Å². The molecule has 8 heteroatoms. The number of hydrogen-bond acceptors (Lipinski definition) is 6. The summed E-state index contributed by atoms with van der Waals surface area (Å²) < 4.78 is 5.55. The van der Waals surface area contributed by atoms with Gasteiger partial charge in [0.25, 0.3) is 0 Å². The van der Waals surface area contributed by atoms with Crippen LogP contribution in [-0.4, -0.2) is 73.2 Å². The van der Waals surface area contributed by atoms with Crippen LogP contribution in [0.1, 0.15) is 31.2 Å². The molecule has 3 N–H and O–H groups in total. The fraction of sp³-hybridized carbons (Fsp3) is 0.419. The van der Waals surface area contributed by atoms with E-state index in [2.05, 4.69) is 87.9 Å². The maximum Gasteiger partial charge on any atom is 0.246 e. The lowest BCUT2D eigenvalue weighted by Crippen LogP contribution is -2.56. The van der Waals surface area contributed by atoms with Crippen molar-refractivity contribution in [1.29, 1.82) is 0 Å². The average Bonchev–Trinajstić information content (AvgIpc) is 3.63. The van der Waals surface area contributed by atoms with Gasteiger partial charge in [0.05, 0.1) is 18.3 Å². The molecule has 4 aliphatic heterocycles. The SMILES string of the molecule is CNCC(=O)NC(C(=O)N1CCCC1C1=CN2C=CC=C(c3cccc4ccccc34)C2N1)C1CCOCC1. The molecule has 204 valence electrons. The molecule has 3 unspecified atom stereocenters. The van der Waals surface area contributed by atoms with E-state index in [0.29, 0.717) is 19.8 Å². The average molecular weight is 528 g/mol. The Labute approximate surface area is 229 Å². The number of ether oxygens (including phenoxy) is 1. The highest BCUT2D eigenvalue weighted by atomic mass is 16.5. The lowest BCUT2D eigenvalue weighted by atomic mass is 9.90. The second-order valence-electron chi connectivity index (χ2n) is 10.8. The maximum atomic E-state index is 14.1. The van der Waals surface area contributed by atoms with Crippen LogP contribution in [0.3, 0.4) is 0 Å². The third-order valence-electron chi connectivity index (χ3n) is 8.37. The molecule has 2 fully saturated rings. The molecule has 0 saturated carbocycles. The zero-order valence-corrected chi connectivity index (χ0v) is 22.4. The number of carbonyl (C=O) groups excluding carboxylic acids is 2. The Morgan fingerprint density at radius 3 is 2.77 bits per heavy atom. The molecule has 0 spiro atoms. The zero-order chi connectivity index (χ0) is 26.8. The van der Waals surface area contributed by atoms with Crippen LogP contribution >= 0.6 is 0 Å². The van der Waals surface area contributed by atoms with Crippen molar-refractivity contribution in [3.05, 3.63) is 78.3 Å². The van der Waals surface area contributed by atoms with Gasteiger partial charge in [-0.3, -0.25) is 9.59 Å². The van der Waals surface area contributed by atoms with Crippen molar-refractivity contribution in [1.82, 2.24) is 25.8 Å². The first kappa shape index (κ1) is 25.6. The predicted octanol–water partition coefficient (Wildman–Crippen LogP) is 2.95. The molecule has 2 aromatic rings. The van der Waals surface area contributed by atoms with Gasteiger partial charge in [0.2, 0.25) is 11.8 Å². The Morgan fingerprint density at radius 2 is 1.92 bits per heavy atom. The molecule has 4 aliphatic rings. The Morgan fingerprint density at radius 1 is 1.10 bits per heavy atom. The van der Waals surface area contributed by atoms with Gasteiger partial charge < -0.3 is 30.5 Å². The number of nitrogens with zero attached hydrogens (tertiary/aromatic N) is 2. The number of hydrogen-bond donors (Lipinski definition) is 3. The van der Waals surface area contributed by atoms with Crippen molar-refractivity contribution in [2.75, 3.05) is 33.4 Å². The number of likely N-dealkylation sites (N-methyl/N-ethyl adjacent to an activating group) is 1. The van der Waals surface area contributed by atoms with E-state index < -0.39 is 6.04 Å². The van der Waals surface area contributed by atoms with Crippen molar-refractivity contribution in [2.45, 2.75) is 43.9 Å². The van der Waals surface area contributed by atoms with E-state index in [1.807, 2.05) is 4.90 Å². The lowest BCUT2D eigenvalue weighted by molar-refractivity contribution is -0.139. The molecule has 39 heavy (non-hydrogen) atoms. The maximum absolute atomic E-state index is 14.1. The molecule has 3 atom stereocenters. The quantitative estimate of drug-likeness (QED) is 0.514. The predicted molar refractivity (Wildman–Crippen MR) is 152 cm³/mol. The molecule has 0 bridgehead atoms. The number of likely N-dealkylation sites (tertiary alicyclic amines) is 1. The molecule has 0 aliphatic carbocycles. The summed E-state index contributed by atoms with van der Waals surface area (Å²) in [5.41, 5.74) is 3.47. The highest BCUT2D eigenvalue weighted by molar-refractivity contribution is 5.95.